The lowest BCUT2D eigenvalue weighted by Gasteiger charge is -2.20. The quantitative estimate of drug-likeness (QED) is 0.323. The molecule has 0 aliphatic carbocycles. The molecule has 1 aromatic heterocycles. The molecular weight excluding hydrogens is 468 g/mol. The third-order valence-corrected chi connectivity index (χ3v) is 4.87. The van der Waals surface area contributed by atoms with Crippen molar-refractivity contribution in [3.63, 3.8) is 0 Å². The summed E-state index contributed by atoms with van der Waals surface area (Å²) in [6, 6.07) is 7.81. The van der Waals surface area contributed by atoms with Gasteiger partial charge in [-0.25, -0.2) is 4.98 Å². The normalized spacial score (nSPS) is 11.9. The number of aromatic nitrogens is 2. The van der Waals surface area contributed by atoms with Crippen LogP contribution < -0.4 is 10.3 Å². The smallest absolute Gasteiger partial charge is 0.315 e. The first-order chi connectivity index (χ1) is 14.5. The number of phenolic OH excluding ortho intramolecular Hbond substituents is 1. The Balaban J connectivity index is 2.22. The van der Waals surface area contributed by atoms with E-state index in [4.69, 9.17) is 4.74 Å². The molecule has 0 unspecified atom stereocenters. The highest BCUT2D eigenvalue weighted by Gasteiger charge is 2.23. The molecule has 0 bridgehead atoms. The summed E-state index contributed by atoms with van der Waals surface area (Å²) in [5, 5.41) is 26.0. The highest BCUT2D eigenvalue weighted by molar-refractivity contribution is 9.10. The minimum Gasteiger partial charge on any atom is -0.500 e. The molecule has 0 saturated heterocycles. The van der Waals surface area contributed by atoms with E-state index in [2.05, 4.69) is 26.0 Å². The van der Waals surface area contributed by atoms with Crippen LogP contribution >= 0.6 is 15.9 Å². The van der Waals surface area contributed by atoms with Crippen LogP contribution in [-0.2, 0) is 5.41 Å². The summed E-state index contributed by atoms with van der Waals surface area (Å²) in [6.45, 7) is 7.63. The summed E-state index contributed by atoms with van der Waals surface area (Å²) in [5.41, 5.74) is -0.561. The summed E-state index contributed by atoms with van der Waals surface area (Å²) in [6.07, 6.45) is 1.30. The minimum absolute atomic E-state index is 0.0397. The van der Waals surface area contributed by atoms with Gasteiger partial charge in [0.1, 0.15) is 5.82 Å². The monoisotopic (exact) mass is 488 g/mol. The number of halogens is 1. The van der Waals surface area contributed by atoms with Gasteiger partial charge in [0.25, 0.3) is 5.56 Å². The van der Waals surface area contributed by atoms with E-state index in [-0.39, 0.29) is 23.5 Å². The third-order valence-electron chi connectivity index (χ3n) is 4.38. The maximum absolute atomic E-state index is 13.2. The van der Waals surface area contributed by atoms with Gasteiger partial charge in [-0.05, 0) is 31.2 Å². The topological polar surface area (TPSA) is 120 Å². The molecule has 0 amide bonds. The van der Waals surface area contributed by atoms with Crippen molar-refractivity contribution in [2.75, 3.05) is 6.61 Å². The maximum atomic E-state index is 13.2. The molecule has 3 rings (SSSR count). The second-order valence-electron chi connectivity index (χ2n) is 7.79. The molecule has 0 aliphatic heterocycles. The number of aromatic hydroxyl groups is 1. The van der Waals surface area contributed by atoms with Gasteiger partial charge in [-0.2, -0.15) is 9.78 Å². The zero-order chi connectivity index (χ0) is 22.9. The molecule has 9 nitrogen and oxygen atoms in total. The Kier molecular flexibility index (Phi) is 6.12. The second-order valence-corrected chi connectivity index (χ2v) is 8.70. The van der Waals surface area contributed by atoms with Crippen LogP contribution in [0.5, 0.6) is 11.5 Å². The van der Waals surface area contributed by atoms with Gasteiger partial charge in [0.05, 0.1) is 28.6 Å². The Morgan fingerprint density at radius 2 is 2.03 bits per heavy atom. The van der Waals surface area contributed by atoms with E-state index in [0.29, 0.717) is 16.7 Å². The SMILES string of the molecule is CCOc1cc(C=Nn2c(C(C)(C)C)nc3ccc(Br)cc3c2=O)cc([N+](=O)[O-])c1O. The summed E-state index contributed by atoms with van der Waals surface area (Å²) < 4.78 is 7.21. The average Bonchev–Trinajstić information content (AvgIpc) is 2.68. The van der Waals surface area contributed by atoms with Crippen molar-refractivity contribution >= 4 is 38.7 Å². The molecule has 3 aromatic rings. The first kappa shape index (κ1) is 22.4. The Morgan fingerprint density at radius 3 is 2.65 bits per heavy atom. The number of nitrogens with zero attached hydrogens (tertiary/aromatic N) is 4. The predicted molar refractivity (Wildman–Crippen MR) is 121 cm³/mol. The van der Waals surface area contributed by atoms with Crippen LogP contribution in [0.15, 0.2) is 44.7 Å². The van der Waals surface area contributed by atoms with Gasteiger partial charge in [-0.15, -0.1) is 0 Å². The van der Waals surface area contributed by atoms with Crippen LogP contribution in [0.3, 0.4) is 0 Å². The van der Waals surface area contributed by atoms with E-state index < -0.39 is 21.8 Å². The molecule has 0 aliphatic rings. The molecule has 0 atom stereocenters. The van der Waals surface area contributed by atoms with Gasteiger partial charge in [0, 0.05) is 21.5 Å². The number of ether oxygens (including phenoxy) is 1. The van der Waals surface area contributed by atoms with E-state index in [0.717, 1.165) is 10.5 Å². The van der Waals surface area contributed by atoms with Gasteiger partial charge in [0.2, 0.25) is 5.75 Å². The fraction of sp³-hybridized carbons (Fsp3) is 0.286. The van der Waals surface area contributed by atoms with Crippen molar-refractivity contribution in [3.05, 3.63) is 66.7 Å². The number of phenols is 1. The zero-order valence-corrected chi connectivity index (χ0v) is 19.0. The molecule has 0 fully saturated rings. The second kappa shape index (κ2) is 8.46. The lowest BCUT2D eigenvalue weighted by Crippen LogP contribution is -2.29. The number of rotatable bonds is 5. The number of nitro groups is 1. The fourth-order valence-electron chi connectivity index (χ4n) is 2.96. The van der Waals surface area contributed by atoms with Gasteiger partial charge in [-0.3, -0.25) is 14.9 Å². The van der Waals surface area contributed by atoms with Crippen LogP contribution in [0.4, 0.5) is 5.69 Å². The average molecular weight is 489 g/mol. The maximum Gasteiger partial charge on any atom is 0.315 e. The molecule has 1 heterocycles. The van der Waals surface area contributed by atoms with Gasteiger partial charge >= 0.3 is 5.69 Å². The van der Waals surface area contributed by atoms with E-state index in [9.17, 15) is 20.0 Å². The Labute approximate surface area is 186 Å². The van der Waals surface area contributed by atoms with Crippen LogP contribution in [0.1, 0.15) is 39.1 Å². The molecule has 0 spiro atoms. The van der Waals surface area contributed by atoms with E-state index >= 15 is 0 Å². The standard InChI is InChI=1S/C21H21BrN4O5/c1-5-31-17-9-12(8-16(18(17)27)26(29)30)11-23-25-19(28)14-10-13(22)6-7-15(14)24-20(25)21(2,3)4/h6-11,27H,5H2,1-4H3. The van der Waals surface area contributed by atoms with Crippen LogP contribution in [0, 0.1) is 10.1 Å². The number of fused-ring (bicyclic) bond motifs is 1. The first-order valence-corrected chi connectivity index (χ1v) is 10.2. The lowest BCUT2D eigenvalue weighted by atomic mass is 9.95. The van der Waals surface area contributed by atoms with Crippen molar-refractivity contribution in [3.8, 4) is 11.5 Å². The van der Waals surface area contributed by atoms with E-state index in [1.165, 1.54) is 17.0 Å². The summed E-state index contributed by atoms with van der Waals surface area (Å²) in [5.74, 6) is -0.169. The summed E-state index contributed by atoms with van der Waals surface area (Å²) in [7, 11) is 0. The molecule has 0 radical (unpaired) electrons. The Morgan fingerprint density at radius 1 is 1.32 bits per heavy atom. The molecule has 2 aromatic carbocycles. The predicted octanol–water partition coefficient (Wildman–Crippen LogP) is 4.35. The van der Waals surface area contributed by atoms with Gasteiger partial charge in [0.15, 0.2) is 5.75 Å². The molecule has 0 saturated carbocycles. The lowest BCUT2D eigenvalue weighted by molar-refractivity contribution is -0.386. The zero-order valence-electron chi connectivity index (χ0n) is 17.4. The van der Waals surface area contributed by atoms with E-state index in [1.807, 2.05) is 20.8 Å². The van der Waals surface area contributed by atoms with Crippen LogP contribution in [0.25, 0.3) is 10.9 Å². The minimum atomic E-state index is -0.711. The number of hydrogen-bond acceptors (Lipinski definition) is 7. The Bertz CT molecular complexity index is 1260. The summed E-state index contributed by atoms with van der Waals surface area (Å²) in [4.78, 5) is 28.4. The highest BCUT2D eigenvalue weighted by atomic mass is 79.9. The number of hydrogen-bond donors (Lipinski definition) is 1. The Hall–Kier alpha value is -3.27. The van der Waals surface area contributed by atoms with Crippen LogP contribution in [-0.4, -0.2) is 32.5 Å². The highest BCUT2D eigenvalue weighted by Crippen LogP contribution is 2.36. The molecule has 10 heteroatoms. The number of benzene rings is 2. The van der Waals surface area contributed by atoms with Crippen molar-refractivity contribution in [2.45, 2.75) is 33.1 Å². The van der Waals surface area contributed by atoms with Gasteiger partial charge in [-0.1, -0.05) is 36.7 Å². The molecular formula is C21H21BrN4O5. The largest absolute Gasteiger partial charge is 0.500 e. The molecule has 1 N–H and O–H groups in total. The molecule has 162 valence electrons. The number of nitro benzene ring substituents is 1. The van der Waals surface area contributed by atoms with Crippen molar-refractivity contribution in [2.24, 2.45) is 5.10 Å². The van der Waals surface area contributed by atoms with Crippen molar-refractivity contribution < 1.29 is 14.8 Å². The van der Waals surface area contributed by atoms with Crippen LogP contribution in [0.2, 0.25) is 0 Å². The van der Waals surface area contributed by atoms with Crippen molar-refractivity contribution in [1.82, 2.24) is 9.66 Å². The summed E-state index contributed by atoms with van der Waals surface area (Å²) >= 11 is 3.36. The third kappa shape index (κ3) is 4.58. The van der Waals surface area contributed by atoms with E-state index in [1.54, 1.807) is 25.1 Å². The fourth-order valence-corrected chi connectivity index (χ4v) is 3.32. The van der Waals surface area contributed by atoms with Gasteiger partial charge < -0.3 is 9.84 Å². The molecule has 31 heavy (non-hydrogen) atoms. The first-order valence-electron chi connectivity index (χ1n) is 9.44. The van der Waals surface area contributed by atoms with Crippen molar-refractivity contribution in [1.29, 1.82) is 0 Å².